The van der Waals surface area contributed by atoms with Gasteiger partial charge in [0.15, 0.2) is 0 Å². The van der Waals surface area contributed by atoms with Crippen molar-refractivity contribution in [1.82, 2.24) is 0 Å². The third-order valence-corrected chi connectivity index (χ3v) is 6.25. The van der Waals surface area contributed by atoms with Crippen molar-refractivity contribution in [2.75, 3.05) is 0 Å². The van der Waals surface area contributed by atoms with Crippen LogP contribution < -0.4 is 0 Å². The minimum Gasteiger partial charge on any atom is -0.0996 e. The molecule has 0 radical (unpaired) electrons. The molecule has 0 spiro atoms. The first kappa shape index (κ1) is 9.50. The van der Waals surface area contributed by atoms with Gasteiger partial charge in [-0.25, -0.2) is 0 Å². The van der Waals surface area contributed by atoms with Crippen LogP contribution in [-0.2, 0) is 0 Å². The average molecular weight is 214 g/mol. The smallest absolute Gasteiger partial charge is 0.0169 e. The number of rotatable bonds is 0. The highest BCUT2D eigenvalue weighted by Gasteiger charge is 2.56. The minimum atomic E-state index is 0.894. The second kappa shape index (κ2) is 3.03. The normalized spacial score (nSPS) is 54.2. The van der Waals surface area contributed by atoms with Gasteiger partial charge < -0.3 is 0 Å². The lowest BCUT2D eigenvalue weighted by Gasteiger charge is -2.28. The average Bonchev–Trinajstić information content (AvgIpc) is 2.77. The fourth-order valence-electron chi connectivity index (χ4n) is 5.70. The van der Waals surface area contributed by atoms with E-state index in [0.29, 0.717) is 0 Å². The van der Waals surface area contributed by atoms with E-state index in [-0.39, 0.29) is 0 Å². The quantitative estimate of drug-likeness (QED) is 0.530. The topological polar surface area (TPSA) is 0 Å². The van der Waals surface area contributed by atoms with Crippen molar-refractivity contribution in [2.24, 2.45) is 35.5 Å². The Kier molecular flexibility index (Phi) is 1.80. The lowest BCUT2D eigenvalue weighted by Crippen LogP contribution is -2.21. The highest BCUT2D eigenvalue weighted by atomic mass is 14.6. The van der Waals surface area contributed by atoms with E-state index in [1.165, 1.54) is 38.5 Å². The van der Waals surface area contributed by atoms with E-state index in [1.807, 2.05) is 0 Å². The van der Waals surface area contributed by atoms with Crippen molar-refractivity contribution >= 4 is 0 Å². The highest BCUT2D eigenvalue weighted by Crippen LogP contribution is 2.64. The Balaban J connectivity index is 1.77. The molecular formula is C16H22. The molecule has 0 heterocycles. The molecule has 2 bridgehead atoms. The van der Waals surface area contributed by atoms with E-state index in [1.54, 1.807) is 11.1 Å². The zero-order valence-corrected chi connectivity index (χ0v) is 10.1. The summed E-state index contributed by atoms with van der Waals surface area (Å²) in [6.45, 7) is 8.80. The zero-order valence-electron chi connectivity index (χ0n) is 10.1. The molecule has 0 saturated heterocycles. The van der Waals surface area contributed by atoms with Crippen LogP contribution in [-0.4, -0.2) is 0 Å². The second-order valence-electron chi connectivity index (χ2n) is 6.75. The van der Waals surface area contributed by atoms with Crippen LogP contribution in [0.5, 0.6) is 0 Å². The highest BCUT2D eigenvalue weighted by molar-refractivity contribution is 5.25. The largest absolute Gasteiger partial charge is 0.0996 e. The van der Waals surface area contributed by atoms with Crippen molar-refractivity contribution in [1.29, 1.82) is 0 Å². The monoisotopic (exact) mass is 214 g/mol. The SMILES string of the molecule is C=C1C2CCCC3C(=C)CC4CC1C(C2)C43. The maximum absolute atomic E-state index is 4.44. The summed E-state index contributed by atoms with van der Waals surface area (Å²) >= 11 is 0. The third-order valence-electron chi connectivity index (χ3n) is 6.25. The molecule has 4 rings (SSSR count). The van der Waals surface area contributed by atoms with Crippen LogP contribution in [0.4, 0.5) is 0 Å². The van der Waals surface area contributed by atoms with E-state index < -0.39 is 0 Å². The molecule has 0 aromatic heterocycles. The Morgan fingerprint density at radius 2 is 1.88 bits per heavy atom. The molecule has 0 nitrogen and oxygen atoms in total. The lowest BCUT2D eigenvalue weighted by molar-refractivity contribution is 0.228. The fraction of sp³-hybridized carbons (Fsp3) is 0.750. The molecular weight excluding hydrogens is 192 g/mol. The van der Waals surface area contributed by atoms with E-state index >= 15 is 0 Å². The van der Waals surface area contributed by atoms with E-state index in [4.69, 9.17) is 0 Å². The summed E-state index contributed by atoms with van der Waals surface area (Å²) in [4.78, 5) is 0. The Labute approximate surface area is 98.8 Å². The van der Waals surface area contributed by atoms with Crippen LogP contribution in [0.15, 0.2) is 24.3 Å². The summed E-state index contributed by atoms with van der Waals surface area (Å²) in [5.74, 6) is 5.71. The molecule has 0 aliphatic heterocycles. The molecule has 0 aromatic carbocycles. The van der Waals surface area contributed by atoms with Gasteiger partial charge in [-0.3, -0.25) is 0 Å². The number of hydrogen-bond acceptors (Lipinski definition) is 0. The lowest BCUT2D eigenvalue weighted by atomic mass is 9.76. The molecule has 0 heteroatoms. The molecule has 0 N–H and O–H groups in total. The van der Waals surface area contributed by atoms with Crippen molar-refractivity contribution < 1.29 is 0 Å². The van der Waals surface area contributed by atoms with Gasteiger partial charge >= 0.3 is 0 Å². The molecule has 0 amide bonds. The summed E-state index contributed by atoms with van der Waals surface area (Å²) < 4.78 is 0. The van der Waals surface area contributed by atoms with Gasteiger partial charge in [-0.05, 0) is 67.6 Å². The maximum atomic E-state index is 4.44. The first-order chi connectivity index (χ1) is 7.75. The molecule has 16 heavy (non-hydrogen) atoms. The van der Waals surface area contributed by atoms with E-state index in [9.17, 15) is 0 Å². The Bertz CT molecular complexity index is 364. The first-order valence-corrected chi connectivity index (χ1v) is 7.12. The predicted octanol–water partition coefficient (Wildman–Crippen LogP) is 4.19. The fourth-order valence-corrected chi connectivity index (χ4v) is 5.70. The van der Waals surface area contributed by atoms with Crippen LogP contribution in [0, 0.1) is 35.5 Å². The van der Waals surface area contributed by atoms with Gasteiger partial charge in [0.1, 0.15) is 0 Å². The summed E-state index contributed by atoms with van der Waals surface area (Å²) in [5, 5.41) is 0. The maximum Gasteiger partial charge on any atom is -0.0169 e. The molecule has 6 atom stereocenters. The molecule has 86 valence electrons. The van der Waals surface area contributed by atoms with Crippen LogP contribution in [0.2, 0.25) is 0 Å². The summed E-state index contributed by atoms with van der Waals surface area (Å²) in [6.07, 6.45) is 8.57. The van der Waals surface area contributed by atoms with E-state index in [2.05, 4.69) is 13.2 Å². The second-order valence-corrected chi connectivity index (χ2v) is 6.75. The summed E-state index contributed by atoms with van der Waals surface area (Å²) in [5.41, 5.74) is 3.25. The summed E-state index contributed by atoms with van der Waals surface area (Å²) in [7, 11) is 0. The standard InChI is InChI=1S/C16H22/c1-9-6-12-8-14-10(2)11-4-3-5-13(9)16(12)15(14)7-11/h11-16H,1-8H2. The van der Waals surface area contributed by atoms with Crippen molar-refractivity contribution in [3.05, 3.63) is 24.3 Å². The Hall–Kier alpha value is -0.520. The molecule has 4 aliphatic carbocycles. The van der Waals surface area contributed by atoms with E-state index in [0.717, 1.165) is 35.5 Å². The minimum absolute atomic E-state index is 0.894. The van der Waals surface area contributed by atoms with Gasteiger partial charge in [-0.1, -0.05) is 30.7 Å². The molecule has 4 fully saturated rings. The zero-order chi connectivity index (χ0) is 10.9. The van der Waals surface area contributed by atoms with Gasteiger partial charge in [-0.15, -0.1) is 0 Å². The molecule has 0 aromatic rings. The van der Waals surface area contributed by atoms with Crippen molar-refractivity contribution in [2.45, 2.75) is 38.5 Å². The Morgan fingerprint density at radius 3 is 2.75 bits per heavy atom. The number of fused-ring (bicyclic) bond motifs is 1. The van der Waals surface area contributed by atoms with Gasteiger partial charge in [-0.2, -0.15) is 0 Å². The molecule has 4 aliphatic rings. The molecule has 4 saturated carbocycles. The van der Waals surface area contributed by atoms with Crippen molar-refractivity contribution in [3.63, 3.8) is 0 Å². The van der Waals surface area contributed by atoms with Gasteiger partial charge in [0.05, 0.1) is 0 Å². The Morgan fingerprint density at radius 1 is 1.00 bits per heavy atom. The van der Waals surface area contributed by atoms with Gasteiger partial charge in [0, 0.05) is 0 Å². The number of allylic oxidation sites excluding steroid dienone is 2. The molecule has 6 unspecified atom stereocenters. The van der Waals surface area contributed by atoms with Crippen LogP contribution in [0.3, 0.4) is 0 Å². The summed E-state index contributed by atoms with van der Waals surface area (Å²) in [6, 6.07) is 0. The first-order valence-electron chi connectivity index (χ1n) is 7.12. The number of hydrogen-bond donors (Lipinski definition) is 0. The van der Waals surface area contributed by atoms with Crippen molar-refractivity contribution in [3.8, 4) is 0 Å². The predicted molar refractivity (Wildman–Crippen MR) is 66.9 cm³/mol. The van der Waals surface area contributed by atoms with Gasteiger partial charge in [0.2, 0.25) is 0 Å². The van der Waals surface area contributed by atoms with Crippen LogP contribution in [0.25, 0.3) is 0 Å². The third kappa shape index (κ3) is 1.02. The van der Waals surface area contributed by atoms with Crippen LogP contribution in [0.1, 0.15) is 38.5 Å². The van der Waals surface area contributed by atoms with Gasteiger partial charge in [0.25, 0.3) is 0 Å². The van der Waals surface area contributed by atoms with Crippen LogP contribution >= 0.6 is 0 Å².